The van der Waals surface area contributed by atoms with Crippen molar-refractivity contribution in [3.05, 3.63) is 47.1 Å². The van der Waals surface area contributed by atoms with Gasteiger partial charge in [-0.1, -0.05) is 23.8 Å². The van der Waals surface area contributed by atoms with Crippen molar-refractivity contribution in [2.45, 2.75) is 32.0 Å². The van der Waals surface area contributed by atoms with E-state index in [1.807, 2.05) is 6.08 Å². The maximum Gasteiger partial charge on any atom is 0.573 e. The van der Waals surface area contributed by atoms with Crippen LogP contribution in [-0.2, 0) is 0 Å². The summed E-state index contributed by atoms with van der Waals surface area (Å²) in [5, 5.41) is 0. The van der Waals surface area contributed by atoms with Gasteiger partial charge >= 0.3 is 6.36 Å². The Morgan fingerprint density at radius 1 is 1.05 bits per heavy atom. The number of hydrogen-bond acceptors (Lipinski definition) is 2. The Morgan fingerprint density at radius 2 is 1.81 bits per heavy atom. The summed E-state index contributed by atoms with van der Waals surface area (Å²) >= 11 is 0. The van der Waals surface area contributed by atoms with E-state index < -0.39 is 6.36 Å². The van der Waals surface area contributed by atoms with Crippen LogP contribution in [0.1, 0.15) is 41.6 Å². The number of carbonyl (C=O) groups excluding carboxylic acids is 1. The number of benzene rings is 1. The van der Waals surface area contributed by atoms with E-state index in [0.717, 1.165) is 30.9 Å². The number of hydrogen-bond donors (Lipinski definition) is 0. The molecule has 2 nitrogen and oxygen atoms in total. The fourth-order valence-electron chi connectivity index (χ4n) is 2.22. The van der Waals surface area contributed by atoms with E-state index in [2.05, 4.69) is 10.8 Å². The highest BCUT2D eigenvalue weighted by atomic mass is 19.4. The largest absolute Gasteiger partial charge is 0.573 e. The summed E-state index contributed by atoms with van der Waals surface area (Å²) in [5.41, 5.74) is 1.82. The quantitative estimate of drug-likeness (QED) is 0.738. The number of alkyl halides is 3. The smallest absolute Gasteiger partial charge is 0.406 e. The molecule has 0 heterocycles. The minimum atomic E-state index is -4.77. The van der Waals surface area contributed by atoms with Gasteiger partial charge in [-0.2, -0.15) is 0 Å². The summed E-state index contributed by atoms with van der Waals surface area (Å²) in [6.45, 7) is 0. The van der Waals surface area contributed by atoms with Gasteiger partial charge in [0.15, 0.2) is 0 Å². The molecule has 0 spiro atoms. The van der Waals surface area contributed by atoms with Crippen molar-refractivity contribution >= 4 is 12.4 Å². The van der Waals surface area contributed by atoms with Gasteiger partial charge in [-0.25, -0.2) is 0 Å². The van der Waals surface area contributed by atoms with E-state index in [4.69, 9.17) is 0 Å². The Morgan fingerprint density at radius 3 is 2.43 bits per heavy atom. The topological polar surface area (TPSA) is 26.3 Å². The second-order valence-electron chi connectivity index (χ2n) is 4.86. The van der Waals surface area contributed by atoms with E-state index in [1.165, 1.54) is 18.6 Å². The lowest BCUT2D eigenvalue weighted by Crippen LogP contribution is -2.17. The zero-order chi connectivity index (χ0) is 15.3. The van der Waals surface area contributed by atoms with E-state index >= 15 is 0 Å². The average molecular weight is 296 g/mol. The zero-order valence-electron chi connectivity index (χ0n) is 11.3. The highest BCUT2D eigenvalue weighted by Crippen LogP contribution is 2.26. The predicted molar refractivity (Wildman–Crippen MR) is 74.1 cm³/mol. The first kappa shape index (κ1) is 15.4. The molecule has 0 unspecified atom stereocenters. The van der Waals surface area contributed by atoms with Gasteiger partial charge in [0.2, 0.25) is 0 Å². The van der Waals surface area contributed by atoms with Crippen molar-refractivity contribution in [3.8, 4) is 5.75 Å². The summed E-state index contributed by atoms with van der Waals surface area (Å²) in [5.74, 6) is -0.385. The number of ether oxygens (including phenoxy) is 1. The SMILES string of the molecule is O=Cc1cc(/C=C/C2=CCCCC2)cc(OC(F)(F)F)c1. The lowest BCUT2D eigenvalue weighted by Gasteiger charge is -2.10. The Labute approximate surface area is 120 Å². The standard InChI is InChI=1S/C16H15F3O2/c17-16(18,19)21-15-9-13(8-14(10-15)11-20)7-6-12-4-2-1-3-5-12/h4,6-11H,1-3,5H2/b7-6+. The van der Waals surface area contributed by atoms with Gasteiger partial charge < -0.3 is 4.74 Å². The summed E-state index contributed by atoms with van der Waals surface area (Å²) in [6, 6.07) is 3.86. The van der Waals surface area contributed by atoms with Crippen LogP contribution < -0.4 is 4.74 Å². The molecule has 1 aromatic carbocycles. The van der Waals surface area contributed by atoms with Gasteiger partial charge in [0, 0.05) is 5.56 Å². The van der Waals surface area contributed by atoms with Crippen LogP contribution in [0.15, 0.2) is 35.9 Å². The lowest BCUT2D eigenvalue weighted by molar-refractivity contribution is -0.274. The second kappa shape index (κ2) is 6.61. The maximum atomic E-state index is 12.2. The van der Waals surface area contributed by atoms with Crippen LogP contribution in [0, 0.1) is 0 Å². The van der Waals surface area contributed by atoms with Crippen molar-refractivity contribution < 1.29 is 22.7 Å². The van der Waals surface area contributed by atoms with Crippen LogP contribution in [0.2, 0.25) is 0 Å². The Balaban J connectivity index is 2.22. The van der Waals surface area contributed by atoms with Crippen LogP contribution in [-0.4, -0.2) is 12.6 Å². The van der Waals surface area contributed by atoms with Gasteiger partial charge in [-0.3, -0.25) is 4.79 Å². The van der Waals surface area contributed by atoms with Gasteiger partial charge in [0.25, 0.3) is 0 Å². The molecule has 0 atom stereocenters. The molecular weight excluding hydrogens is 281 g/mol. The van der Waals surface area contributed by atoms with Gasteiger partial charge in [-0.15, -0.1) is 13.2 Å². The first-order valence-corrected chi connectivity index (χ1v) is 6.69. The zero-order valence-corrected chi connectivity index (χ0v) is 11.3. The summed E-state index contributed by atoms with van der Waals surface area (Å²) in [6.07, 6.45) is 5.71. The molecule has 0 radical (unpaired) electrons. The summed E-state index contributed by atoms with van der Waals surface area (Å²) in [7, 11) is 0. The molecule has 0 aliphatic heterocycles. The molecule has 0 N–H and O–H groups in total. The molecule has 0 fully saturated rings. The van der Waals surface area contributed by atoms with Crippen molar-refractivity contribution in [1.29, 1.82) is 0 Å². The van der Waals surface area contributed by atoms with E-state index in [-0.39, 0.29) is 11.3 Å². The predicted octanol–water partition coefficient (Wildman–Crippen LogP) is 4.91. The maximum absolute atomic E-state index is 12.2. The number of halogens is 3. The molecule has 21 heavy (non-hydrogen) atoms. The van der Waals surface area contributed by atoms with Crippen molar-refractivity contribution in [2.75, 3.05) is 0 Å². The molecule has 5 heteroatoms. The molecule has 0 amide bonds. The third kappa shape index (κ3) is 5.10. The normalized spacial score (nSPS) is 15.9. The minimum absolute atomic E-state index is 0.147. The molecule has 0 saturated carbocycles. The van der Waals surface area contributed by atoms with E-state index in [0.29, 0.717) is 11.8 Å². The van der Waals surface area contributed by atoms with Gasteiger partial charge in [-0.05, 0) is 49.4 Å². The Kier molecular flexibility index (Phi) is 4.83. The average Bonchev–Trinajstić information content (AvgIpc) is 2.44. The van der Waals surface area contributed by atoms with Crippen LogP contribution in [0.5, 0.6) is 5.75 Å². The van der Waals surface area contributed by atoms with Crippen LogP contribution in [0.4, 0.5) is 13.2 Å². The molecule has 0 saturated heterocycles. The number of carbonyl (C=O) groups is 1. The molecule has 2 rings (SSSR count). The number of rotatable bonds is 4. The van der Waals surface area contributed by atoms with Crippen LogP contribution in [0.25, 0.3) is 6.08 Å². The van der Waals surface area contributed by atoms with Gasteiger partial charge in [0.05, 0.1) is 0 Å². The lowest BCUT2D eigenvalue weighted by atomic mass is 9.98. The van der Waals surface area contributed by atoms with E-state index in [1.54, 1.807) is 6.08 Å². The molecular formula is C16H15F3O2. The Bertz CT molecular complexity index is 571. The molecule has 0 bridgehead atoms. The Hall–Kier alpha value is -2.04. The first-order valence-electron chi connectivity index (χ1n) is 6.69. The van der Waals surface area contributed by atoms with Gasteiger partial charge in [0.1, 0.15) is 12.0 Å². The van der Waals surface area contributed by atoms with Crippen LogP contribution in [0.3, 0.4) is 0 Å². The summed E-state index contributed by atoms with van der Waals surface area (Å²) < 4.78 is 40.6. The monoisotopic (exact) mass is 296 g/mol. The fourth-order valence-corrected chi connectivity index (χ4v) is 2.22. The second-order valence-corrected chi connectivity index (χ2v) is 4.86. The third-order valence-electron chi connectivity index (χ3n) is 3.14. The molecule has 1 aliphatic carbocycles. The van der Waals surface area contributed by atoms with Crippen molar-refractivity contribution in [1.82, 2.24) is 0 Å². The molecule has 0 aromatic heterocycles. The first-order chi connectivity index (χ1) is 9.96. The van der Waals surface area contributed by atoms with Crippen molar-refractivity contribution in [2.24, 2.45) is 0 Å². The number of aldehydes is 1. The highest BCUT2D eigenvalue weighted by Gasteiger charge is 2.31. The molecule has 1 aliphatic rings. The summed E-state index contributed by atoms with van der Waals surface area (Å²) in [4.78, 5) is 10.8. The van der Waals surface area contributed by atoms with E-state index in [9.17, 15) is 18.0 Å². The molecule has 1 aromatic rings. The minimum Gasteiger partial charge on any atom is -0.406 e. The number of allylic oxidation sites excluding steroid dienone is 3. The van der Waals surface area contributed by atoms with Crippen molar-refractivity contribution in [3.63, 3.8) is 0 Å². The highest BCUT2D eigenvalue weighted by molar-refractivity contribution is 5.77. The third-order valence-corrected chi connectivity index (χ3v) is 3.14. The molecule has 112 valence electrons. The van der Waals surface area contributed by atoms with Crippen LogP contribution >= 0.6 is 0 Å². The fraction of sp³-hybridized carbons (Fsp3) is 0.312.